The molecule has 0 radical (unpaired) electrons. The van der Waals surface area contributed by atoms with Gasteiger partial charge in [-0.3, -0.25) is 4.55 Å². The third kappa shape index (κ3) is 3.95. The monoisotopic (exact) mass is 532 g/mol. The number of fused-ring (bicyclic) bond motifs is 4. The largest absolute Gasteiger partial charge is 0.507 e. The summed E-state index contributed by atoms with van der Waals surface area (Å²) in [6, 6.07) is 25.7. The second kappa shape index (κ2) is 9.08. The zero-order valence-corrected chi connectivity index (χ0v) is 21.1. The predicted molar refractivity (Wildman–Crippen MR) is 147 cm³/mol. The van der Waals surface area contributed by atoms with Gasteiger partial charge in [-0.05, 0) is 34.5 Å². The minimum atomic E-state index is -4.55. The van der Waals surface area contributed by atoms with Gasteiger partial charge in [0.2, 0.25) is 0 Å². The van der Waals surface area contributed by atoms with Crippen LogP contribution in [-0.4, -0.2) is 35.2 Å². The number of para-hydroxylation sites is 1. The van der Waals surface area contributed by atoms with Crippen LogP contribution in [-0.2, 0) is 10.1 Å². The number of H-pyrrole nitrogens is 1. The summed E-state index contributed by atoms with van der Waals surface area (Å²) in [7, 11) is -2.96. The number of nitrogens with zero attached hydrogens (tertiary/aromatic N) is 1. The van der Waals surface area contributed by atoms with Crippen molar-refractivity contribution in [2.75, 3.05) is 7.11 Å². The molecule has 0 saturated carbocycles. The van der Waals surface area contributed by atoms with Crippen molar-refractivity contribution in [1.29, 1.82) is 0 Å². The van der Waals surface area contributed by atoms with Crippen molar-refractivity contribution in [3.8, 4) is 34.0 Å². The molecule has 0 fully saturated rings. The standard InChI is InChI=1S/C28H20N2O5S.ClH/c1-35-27-19(18-10-4-8-16-7-2-3-9-17(16)18)11-5-13-21(27)28-29-22-15-24(36(32,33)34)20-12-6-14-23(31)25(20)26(22)30-28;/h2-15,31H,1H3,(H,29,30)(H,32,33,34);1H. The number of rotatable bonds is 4. The maximum Gasteiger partial charge on any atom is 0.295 e. The number of aromatic nitrogens is 2. The molecule has 0 bridgehead atoms. The second-order valence-electron chi connectivity index (χ2n) is 8.44. The van der Waals surface area contributed by atoms with Gasteiger partial charge >= 0.3 is 0 Å². The van der Waals surface area contributed by atoms with Gasteiger partial charge in [0, 0.05) is 10.9 Å². The average Bonchev–Trinajstić information content (AvgIpc) is 3.31. The lowest BCUT2D eigenvalue weighted by Gasteiger charge is -2.14. The number of aromatic hydroxyl groups is 1. The Balaban J connectivity index is 0.00000280. The van der Waals surface area contributed by atoms with E-state index in [9.17, 15) is 18.1 Å². The number of aromatic amines is 1. The lowest BCUT2D eigenvalue weighted by molar-refractivity contribution is 0.418. The summed E-state index contributed by atoms with van der Waals surface area (Å²) < 4.78 is 39.9. The van der Waals surface area contributed by atoms with Gasteiger partial charge in [-0.2, -0.15) is 8.42 Å². The van der Waals surface area contributed by atoms with Gasteiger partial charge in [-0.15, -0.1) is 12.4 Å². The molecule has 0 aliphatic carbocycles. The summed E-state index contributed by atoms with van der Waals surface area (Å²) in [5.74, 6) is 0.884. The lowest BCUT2D eigenvalue weighted by atomic mass is 9.96. The molecular formula is C28H21ClN2O5S. The Morgan fingerprint density at radius 3 is 2.27 bits per heavy atom. The highest BCUT2D eigenvalue weighted by molar-refractivity contribution is 7.86. The van der Waals surface area contributed by atoms with Crippen molar-refractivity contribution < 1.29 is 22.8 Å². The third-order valence-corrected chi connectivity index (χ3v) is 7.28. The molecule has 186 valence electrons. The zero-order chi connectivity index (χ0) is 25.0. The van der Waals surface area contributed by atoms with E-state index in [1.54, 1.807) is 7.11 Å². The second-order valence-corrected chi connectivity index (χ2v) is 9.83. The van der Waals surface area contributed by atoms with Crippen LogP contribution in [0, 0.1) is 0 Å². The van der Waals surface area contributed by atoms with Crippen LogP contribution in [0.4, 0.5) is 0 Å². The van der Waals surface area contributed by atoms with Gasteiger partial charge in [0.15, 0.2) is 0 Å². The number of methoxy groups -OCH3 is 1. The molecule has 0 saturated heterocycles. The van der Waals surface area contributed by atoms with E-state index in [4.69, 9.17) is 9.72 Å². The first-order valence-electron chi connectivity index (χ1n) is 11.1. The lowest BCUT2D eigenvalue weighted by Crippen LogP contribution is -1.99. The Bertz CT molecular complexity index is 1930. The molecular weight excluding hydrogens is 512 g/mol. The van der Waals surface area contributed by atoms with E-state index in [-0.39, 0.29) is 33.8 Å². The van der Waals surface area contributed by atoms with Crippen molar-refractivity contribution in [2.45, 2.75) is 4.90 Å². The van der Waals surface area contributed by atoms with Gasteiger partial charge in [-0.25, -0.2) is 4.98 Å². The first-order chi connectivity index (χ1) is 17.4. The van der Waals surface area contributed by atoms with Crippen LogP contribution in [0.5, 0.6) is 11.5 Å². The number of imidazole rings is 1. The number of halogens is 1. The molecule has 0 unspecified atom stereocenters. The molecule has 6 aromatic rings. The van der Waals surface area contributed by atoms with Crippen LogP contribution in [0.3, 0.4) is 0 Å². The molecule has 0 amide bonds. The molecule has 6 rings (SSSR count). The van der Waals surface area contributed by atoms with Crippen LogP contribution in [0.2, 0.25) is 0 Å². The number of phenolic OH excluding ortho intramolecular Hbond substituents is 1. The van der Waals surface area contributed by atoms with Crippen LogP contribution >= 0.6 is 12.4 Å². The molecule has 5 aromatic carbocycles. The summed E-state index contributed by atoms with van der Waals surface area (Å²) >= 11 is 0. The minimum Gasteiger partial charge on any atom is -0.507 e. The van der Waals surface area contributed by atoms with Crippen molar-refractivity contribution in [3.63, 3.8) is 0 Å². The highest BCUT2D eigenvalue weighted by Gasteiger charge is 2.22. The highest BCUT2D eigenvalue weighted by Crippen LogP contribution is 2.42. The molecule has 0 atom stereocenters. The number of ether oxygens (including phenoxy) is 1. The maximum atomic E-state index is 12.1. The molecule has 1 aromatic heterocycles. The summed E-state index contributed by atoms with van der Waals surface area (Å²) in [5.41, 5.74) is 3.27. The van der Waals surface area contributed by atoms with Crippen molar-refractivity contribution in [3.05, 3.63) is 84.9 Å². The number of benzene rings is 5. The molecule has 0 spiro atoms. The first kappa shape index (κ1) is 24.6. The van der Waals surface area contributed by atoms with Gasteiger partial charge < -0.3 is 14.8 Å². The number of hydrogen-bond donors (Lipinski definition) is 3. The molecule has 0 aliphatic heterocycles. The van der Waals surface area contributed by atoms with E-state index in [0.717, 1.165) is 21.9 Å². The van der Waals surface area contributed by atoms with Crippen LogP contribution in [0.15, 0.2) is 89.8 Å². The van der Waals surface area contributed by atoms with Crippen LogP contribution in [0.1, 0.15) is 0 Å². The van der Waals surface area contributed by atoms with E-state index >= 15 is 0 Å². The fraction of sp³-hybridized carbons (Fsp3) is 0.0357. The van der Waals surface area contributed by atoms with E-state index in [1.807, 2.05) is 42.5 Å². The fourth-order valence-corrected chi connectivity index (χ4v) is 5.56. The summed E-state index contributed by atoms with van der Waals surface area (Å²) in [6.07, 6.45) is 0. The minimum absolute atomic E-state index is 0. The quantitative estimate of drug-likeness (QED) is 0.221. The van der Waals surface area contributed by atoms with Gasteiger partial charge in [-0.1, -0.05) is 66.7 Å². The zero-order valence-electron chi connectivity index (χ0n) is 19.5. The molecule has 3 N–H and O–H groups in total. The topological polar surface area (TPSA) is 113 Å². The van der Waals surface area contributed by atoms with E-state index in [1.165, 1.54) is 24.3 Å². The van der Waals surface area contributed by atoms with Crippen LogP contribution < -0.4 is 4.74 Å². The summed E-state index contributed by atoms with van der Waals surface area (Å²) in [4.78, 5) is 7.57. The predicted octanol–water partition coefficient (Wildman–Crippen LogP) is 6.59. The number of hydrogen-bond acceptors (Lipinski definition) is 5. The van der Waals surface area contributed by atoms with Crippen LogP contribution in [0.25, 0.3) is 55.1 Å². The van der Waals surface area contributed by atoms with Gasteiger partial charge in [0.1, 0.15) is 27.7 Å². The van der Waals surface area contributed by atoms with E-state index in [2.05, 4.69) is 23.2 Å². The SMILES string of the molecule is COc1c(-c2nc3c(cc(S(=O)(=O)O)c4cccc(O)c43)[nH]2)cccc1-c1cccc2ccccc12.Cl. The molecule has 1 heterocycles. The Morgan fingerprint density at radius 1 is 0.838 bits per heavy atom. The van der Waals surface area contributed by atoms with E-state index in [0.29, 0.717) is 28.2 Å². The Hall–Kier alpha value is -4.11. The molecule has 37 heavy (non-hydrogen) atoms. The molecule has 9 heteroatoms. The Morgan fingerprint density at radius 2 is 1.49 bits per heavy atom. The normalized spacial score (nSPS) is 11.6. The number of phenols is 1. The third-order valence-electron chi connectivity index (χ3n) is 6.38. The fourth-order valence-electron chi connectivity index (χ4n) is 4.84. The first-order valence-corrected chi connectivity index (χ1v) is 12.6. The molecule has 0 aliphatic rings. The molecule has 7 nitrogen and oxygen atoms in total. The summed E-state index contributed by atoms with van der Waals surface area (Å²) in [6.45, 7) is 0. The average molecular weight is 533 g/mol. The smallest absolute Gasteiger partial charge is 0.295 e. The summed E-state index contributed by atoms with van der Waals surface area (Å²) in [5, 5.41) is 13.2. The van der Waals surface area contributed by atoms with Gasteiger partial charge in [0.05, 0.1) is 23.6 Å². The Kier molecular flexibility index (Phi) is 6.03. The highest BCUT2D eigenvalue weighted by atomic mass is 35.5. The van der Waals surface area contributed by atoms with Crippen molar-refractivity contribution in [2.24, 2.45) is 0 Å². The van der Waals surface area contributed by atoms with E-state index < -0.39 is 10.1 Å². The van der Waals surface area contributed by atoms with Crippen molar-refractivity contribution in [1.82, 2.24) is 9.97 Å². The Labute approximate surface area is 218 Å². The van der Waals surface area contributed by atoms with Gasteiger partial charge in [0.25, 0.3) is 10.1 Å². The van der Waals surface area contributed by atoms with Crippen molar-refractivity contribution >= 4 is 55.1 Å². The maximum absolute atomic E-state index is 12.1. The number of nitrogens with one attached hydrogen (secondary N) is 1.